The highest BCUT2D eigenvalue weighted by Crippen LogP contribution is 2.32. The van der Waals surface area contributed by atoms with Crippen molar-refractivity contribution < 1.29 is 9.53 Å². The summed E-state index contributed by atoms with van der Waals surface area (Å²) in [6.07, 6.45) is 0. The van der Waals surface area contributed by atoms with E-state index in [0.29, 0.717) is 11.3 Å². The summed E-state index contributed by atoms with van der Waals surface area (Å²) in [5.74, 6) is 0.410. The van der Waals surface area contributed by atoms with Crippen LogP contribution in [0.3, 0.4) is 0 Å². The first-order chi connectivity index (χ1) is 6.61. The molecule has 0 radical (unpaired) electrons. The molecule has 0 aliphatic rings. The molecule has 0 spiro atoms. The van der Waals surface area contributed by atoms with Crippen molar-refractivity contribution in [2.45, 2.75) is 0 Å². The number of ketones is 1. The minimum absolute atomic E-state index is 0.0337. The minimum atomic E-state index is -0.131. The van der Waals surface area contributed by atoms with Crippen molar-refractivity contribution in [3.63, 3.8) is 0 Å². The molecule has 76 valence electrons. The number of methoxy groups -OCH3 is 1. The topological polar surface area (TPSA) is 26.3 Å². The van der Waals surface area contributed by atoms with Crippen LogP contribution >= 0.6 is 50.1 Å². The fourth-order valence-corrected chi connectivity index (χ4v) is 2.17. The molecular formula is C9H7BrClIO2. The number of halogens is 3. The van der Waals surface area contributed by atoms with Crippen molar-refractivity contribution in [1.82, 2.24) is 0 Å². The number of benzene rings is 1. The predicted octanol–water partition coefficient (Wildman–Crippen LogP) is 3.48. The summed E-state index contributed by atoms with van der Waals surface area (Å²) in [6, 6.07) is 3.51. The van der Waals surface area contributed by atoms with Crippen molar-refractivity contribution in [1.29, 1.82) is 0 Å². The maximum Gasteiger partial charge on any atom is 0.181 e. The van der Waals surface area contributed by atoms with Gasteiger partial charge in [-0.2, -0.15) is 0 Å². The Morgan fingerprint density at radius 3 is 2.79 bits per heavy atom. The molecule has 14 heavy (non-hydrogen) atoms. The average molecular weight is 389 g/mol. The lowest BCUT2D eigenvalue weighted by molar-refractivity contribution is 0.101. The van der Waals surface area contributed by atoms with Gasteiger partial charge in [0.1, 0.15) is 5.75 Å². The zero-order chi connectivity index (χ0) is 10.7. The van der Waals surface area contributed by atoms with Crippen LogP contribution in [0.1, 0.15) is 10.4 Å². The Labute approximate surface area is 109 Å². The van der Waals surface area contributed by atoms with E-state index in [1.54, 1.807) is 6.07 Å². The Morgan fingerprint density at radius 2 is 2.29 bits per heavy atom. The van der Waals surface area contributed by atoms with Gasteiger partial charge in [0, 0.05) is 4.47 Å². The lowest BCUT2D eigenvalue weighted by Crippen LogP contribution is -2.04. The third-order valence-corrected chi connectivity index (χ3v) is 4.39. The molecule has 0 aliphatic carbocycles. The summed E-state index contributed by atoms with van der Waals surface area (Å²) in [5.41, 5.74) is 0.523. The number of alkyl halides is 1. The maximum atomic E-state index is 11.4. The number of hydrogen-bond donors (Lipinski definition) is 0. The standard InChI is InChI=1S/C9H7BrClIO2/c1-14-9-5(7(13)4-11)2-3-6(10)8(9)12/h2-3H,4H2,1H3. The van der Waals surface area contributed by atoms with E-state index in [2.05, 4.69) is 38.5 Å². The van der Waals surface area contributed by atoms with Crippen LogP contribution < -0.4 is 4.74 Å². The van der Waals surface area contributed by atoms with Crippen LogP contribution in [0.5, 0.6) is 5.75 Å². The fourth-order valence-electron chi connectivity index (χ4n) is 1.02. The first-order valence-electron chi connectivity index (χ1n) is 3.73. The van der Waals surface area contributed by atoms with Crippen molar-refractivity contribution >= 4 is 55.9 Å². The Hall–Kier alpha value is 0.190. The van der Waals surface area contributed by atoms with Gasteiger partial charge in [-0.1, -0.05) is 0 Å². The van der Waals surface area contributed by atoms with Gasteiger partial charge in [-0.3, -0.25) is 4.79 Å². The lowest BCUT2D eigenvalue weighted by Gasteiger charge is -2.09. The molecule has 5 heteroatoms. The van der Waals surface area contributed by atoms with Crippen LogP contribution in [0.25, 0.3) is 0 Å². The van der Waals surface area contributed by atoms with Crippen LogP contribution in [0.15, 0.2) is 16.6 Å². The van der Waals surface area contributed by atoms with Crippen LogP contribution in [0, 0.1) is 3.57 Å². The van der Waals surface area contributed by atoms with E-state index in [-0.39, 0.29) is 11.7 Å². The second kappa shape index (κ2) is 5.32. The van der Waals surface area contributed by atoms with Gasteiger partial charge < -0.3 is 4.74 Å². The zero-order valence-corrected chi connectivity index (χ0v) is 11.8. The Kier molecular flexibility index (Phi) is 4.66. The highest BCUT2D eigenvalue weighted by Gasteiger charge is 2.15. The van der Waals surface area contributed by atoms with E-state index in [9.17, 15) is 4.79 Å². The number of ether oxygens (including phenoxy) is 1. The molecule has 0 atom stereocenters. The summed E-state index contributed by atoms with van der Waals surface area (Å²) in [6.45, 7) is 0. The van der Waals surface area contributed by atoms with Gasteiger partial charge in [0.25, 0.3) is 0 Å². The quantitative estimate of drug-likeness (QED) is 0.450. The van der Waals surface area contributed by atoms with E-state index in [1.165, 1.54) is 7.11 Å². The fraction of sp³-hybridized carbons (Fsp3) is 0.222. The van der Waals surface area contributed by atoms with Crippen molar-refractivity contribution in [2.24, 2.45) is 0 Å². The van der Waals surface area contributed by atoms with Gasteiger partial charge in [0.05, 0.1) is 22.1 Å². The largest absolute Gasteiger partial charge is 0.495 e. The molecule has 0 saturated carbocycles. The molecule has 2 nitrogen and oxygen atoms in total. The number of hydrogen-bond acceptors (Lipinski definition) is 2. The molecule has 1 rings (SSSR count). The summed E-state index contributed by atoms with van der Waals surface area (Å²) in [4.78, 5) is 11.4. The van der Waals surface area contributed by atoms with Crippen molar-refractivity contribution in [3.8, 4) is 5.75 Å². The second-order valence-corrected chi connectivity index (χ2v) is 4.70. The molecule has 0 heterocycles. The number of carbonyl (C=O) groups excluding carboxylic acids is 1. The van der Waals surface area contributed by atoms with Gasteiger partial charge >= 0.3 is 0 Å². The summed E-state index contributed by atoms with van der Waals surface area (Å²) in [5, 5.41) is 0. The van der Waals surface area contributed by atoms with Gasteiger partial charge in [0.2, 0.25) is 0 Å². The normalized spacial score (nSPS) is 10.0. The van der Waals surface area contributed by atoms with Gasteiger partial charge in [0.15, 0.2) is 5.78 Å². The first-order valence-corrected chi connectivity index (χ1v) is 6.13. The minimum Gasteiger partial charge on any atom is -0.495 e. The first kappa shape index (κ1) is 12.3. The van der Waals surface area contributed by atoms with Crippen molar-refractivity contribution in [2.75, 3.05) is 13.0 Å². The molecule has 0 aliphatic heterocycles. The van der Waals surface area contributed by atoms with Gasteiger partial charge in [-0.15, -0.1) is 11.6 Å². The average Bonchev–Trinajstić information content (AvgIpc) is 2.20. The number of Topliss-reactive ketones (excluding diaryl/α,β-unsaturated/α-hetero) is 1. The molecule has 0 saturated heterocycles. The monoisotopic (exact) mass is 388 g/mol. The third-order valence-electron chi connectivity index (χ3n) is 1.68. The van der Waals surface area contributed by atoms with Crippen LogP contribution in [0.2, 0.25) is 0 Å². The lowest BCUT2D eigenvalue weighted by atomic mass is 10.1. The molecular weight excluding hydrogens is 382 g/mol. The molecule has 1 aromatic rings. The van der Waals surface area contributed by atoms with Gasteiger partial charge in [-0.25, -0.2) is 0 Å². The van der Waals surface area contributed by atoms with Crippen molar-refractivity contribution in [3.05, 3.63) is 25.7 Å². The third kappa shape index (κ3) is 2.41. The van der Waals surface area contributed by atoms with E-state index < -0.39 is 0 Å². The van der Waals surface area contributed by atoms with Gasteiger partial charge in [-0.05, 0) is 50.7 Å². The zero-order valence-electron chi connectivity index (χ0n) is 7.31. The smallest absolute Gasteiger partial charge is 0.181 e. The summed E-state index contributed by atoms with van der Waals surface area (Å²) < 4.78 is 6.94. The molecule has 0 fully saturated rings. The molecule has 0 N–H and O–H groups in total. The Morgan fingerprint density at radius 1 is 1.64 bits per heavy atom. The number of rotatable bonds is 3. The summed E-state index contributed by atoms with van der Waals surface area (Å²) >= 11 is 11.0. The van der Waals surface area contributed by atoms with E-state index in [0.717, 1.165) is 8.04 Å². The predicted molar refractivity (Wildman–Crippen MR) is 68.5 cm³/mol. The molecule has 0 amide bonds. The van der Waals surface area contributed by atoms with Crippen LogP contribution in [-0.2, 0) is 0 Å². The molecule has 0 bridgehead atoms. The van der Waals surface area contributed by atoms with E-state index in [1.807, 2.05) is 6.07 Å². The second-order valence-electron chi connectivity index (χ2n) is 2.50. The Balaban J connectivity index is 3.31. The van der Waals surface area contributed by atoms with Crippen LogP contribution in [0.4, 0.5) is 0 Å². The Bertz CT molecular complexity index is 368. The van der Waals surface area contributed by atoms with Crippen LogP contribution in [-0.4, -0.2) is 18.8 Å². The highest BCUT2D eigenvalue weighted by molar-refractivity contribution is 14.1. The highest BCUT2D eigenvalue weighted by atomic mass is 127. The molecule has 0 unspecified atom stereocenters. The SMILES string of the molecule is COc1c(C(=O)CCl)ccc(Br)c1I. The summed E-state index contributed by atoms with van der Waals surface area (Å²) in [7, 11) is 1.54. The number of carbonyl (C=O) groups is 1. The maximum absolute atomic E-state index is 11.4. The van der Waals surface area contributed by atoms with E-state index in [4.69, 9.17) is 16.3 Å². The molecule has 0 aromatic heterocycles. The van der Waals surface area contributed by atoms with E-state index >= 15 is 0 Å². The molecule has 1 aromatic carbocycles.